The highest BCUT2D eigenvalue weighted by Crippen LogP contribution is 2.17. The van der Waals surface area contributed by atoms with Gasteiger partial charge in [-0.1, -0.05) is 26.8 Å². The second kappa shape index (κ2) is 6.81. The lowest BCUT2D eigenvalue weighted by atomic mass is 10.0. The predicted octanol–water partition coefficient (Wildman–Crippen LogP) is 2.43. The fraction of sp³-hybridized carbons (Fsp3) is 0.471. The number of aliphatic carboxylic acids is 1. The van der Waals surface area contributed by atoms with Crippen LogP contribution in [0.1, 0.15) is 48.9 Å². The van der Waals surface area contributed by atoms with Crippen LogP contribution in [0.15, 0.2) is 18.3 Å². The molecule has 0 saturated carbocycles. The number of carboxylic acid groups (broad SMARTS) is 1. The molecule has 2 aromatic heterocycles. The fourth-order valence-electron chi connectivity index (χ4n) is 2.66. The Hall–Kier alpha value is -2.37. The summed E-state index contributed by atoms with van der Waals surface area (Å²) in [4.78, 5) is 28.6. The van der Waals surface area contributed by atoms with Crippen LogP contribution in [-0.4, -0.2) is 32.4 Å². The lowest BCUT2D eigenvalue weighted by Gasteiger charge is -2.16. The lowest BCUT2D eigenvalue weighted by molar-refractivity contribution is -0.139. The molecule has 0 fully saturated rings. The summed E-state index contributed by atoms with van der Waals surface area (Å²) in [5, 5.41) is 12.0. The Labute approximate surface area is 135 Å². The highest BCUT2D eigenvalue weighted by molar-refractivity contribution is 5.97. The van der Waals surface area contributed by atoms with Crippen LogP contribution in [0.2, 0.25) is 0 Å². The van der Waals surface area contributed by atoms with Crippen molar-refractivity contribution in [3.63, 3.8) is 0 Å². The molecule has 0 radical (unpaired) electrons. The number of pyridine rings is 1. The van der Waals surface area contributed by atoms with E-state index in [0.717, 1.165) is 11.2 Å². The van der Waals surface area contributed by atoms with Crippen molar-refractivity contribution >= 4 is 17.5 Å². The summed E-state index contributed by atoms with van der Waals surface area (Å²) < 4.78 is 1.73. The summed E-state index contributed by atoms with van der Waals surface area (Å²) in [6, 6.07) is 2.88. The molecule has 2 rings (SSSR count). The molecule has 0 aliphatic rings. The maximum atomic E-state index is 12.7. The molecule has 6 nitrogen and oxygen atoms in total. The molecule has 0 aliphatic carbocycles. The van der Waals surface area contributed by atoms with Crippen molar-refractivity contribution in [1.82, 2.24) is 14.7 Å². The van der Waals surface area contributed by atoms with Crippen molar-refractivity contribution in [3.8, 4) is 0 Å². The predicted molar refractivity (Wildman–Crippen MR) is 87.7 cm³/mol. The smallest absolute Gasteiger partial charge is 0.326 e. The molecular weight excluding hydrogens is 294 g/mol. The molecule has 1 amide bonds. The second-order valence-electron chi connectivity index (χ2n) is 6.14. The quantitative estimate of drug-likeness (QED) is 0.857. The minimum absolute atomic E-state index is 0.173. The fourth-order valence-corrected chi connectivity index (χ4v) is 2.66. The Morgan fingerprint density at radius 1 is 1.39 bits per heavy atom. The maximum Gasteiger partial charge on any atom is 0.326 e. The summed E-state index contributed by atoms with van der Waals surface area (Å²) >= 11 is 0. The van der Waals surface area contributed by atoms with Crippen LogP contribution >= 0.6 is 0 Å². The van der Waals surface area contributed by atoms with Crippen LogP contribution in [0.25, 0.3) is 5.65 Å². The van der Waals surface area contributed by atoms with E-state index in [9.17, 15) is 14.7 Å². The summed E-state index contributed by atoms with van der Waals surface area (Å²) in [5.41, 5.74) is 2.79. The van der Waals surface area contributed by atoms with Gasteiger partial charge in [0.05, 0.1) is 5.69 Å². The van der Waals surface area contributed by atoms with E-state index in [0.29, 0.717) is 24.2 Å². The number of aryl methyl sites for hydroxylation is 2. The van der Waals surface area contributed by atoms with E-state index in [1.165, 1.54) is 0 Å². The van der Waals surface area contributed by atoms with Crippen molar-refractivity contribution in [2.24, 2.45) is 5.92 Å². The number of hydrogen-bond donors (Lipinski definition) is 2. The number of aromatic nitrogens is 2. The van der Waals surface area contributed by atoms with Gasteiger partial charge in [0, 0.05) is 6.20 Å². The molecule has 0 spiro atoms. The second-order valence-corrected chi connectivity index (χ2v) is 6.14. The van der Waals surface area contributed by atoms with Gasteiger partial charge < -0.3 is 10.4 Å². The number of imidazole rings is 1. The molecule has 6 heteroatoms. The number of nitrogens with zero attached hydrogens (tertiary/aromatic N) is 2. The summed E-state index contributed by atoms with van der Waals surface area (Å²) in [6.07, 6.45) is 2.77. The number of carbonyl (C=O) groups excluding carboxylic acids is 1. The first-order valence-electron chi connectivity index (χ1n) is 7.85. The van der Waals surface area contributed by atoms with E-state index in [1.54, 1.807) is 10.6 Å². The topological polar surface area (TPSA) is 83.7 Å². The highest BCUT2D eigenvalue weighted by atomic mass is 16.4. The summed E-state index contributed by atoms with van der Waals surface area (Å²) in [7, 11) is 0. The molecule has 0 aliphatic heterocycles. The van der Waals surface area contributed by atoms with Gasteiger partial charge in [0.25, 0.3) is 5.91 Å². The van der Waals surface area contributed by atoms with Crippen LogP contribution in [0, 0.1) is 12.8 Å². The number of nitrogens with one attached hydrogen (secondary N) is 1. The van der Waals surface area contributed by atoms with E-state index < -0.39 is 17.9 Å². The molecule has 0 saturated heterocycles. The molecule has 0 aromatic carbocycles. The average Bonchev–Trinajstić information content (AvgIpc) is 2.86. The Bertz CT molecular complexity index is 734. The van der Waals surface area contributed by atoms with Crippen molar-refractivity contribution in [2.45, 2.75) is 46.6 Å². The lowest BCUT2D eigenvalue weighted by Crippen LogP contribution is -2.42. The molecular formula is C17H23N3O3. The molecule has 2 aromatic rings. The minimum atomic E-state index is -1.02. The van der Waals surface area contributed by atoms with E-state index in [2.05, 4.69) is 10.3 Å². The standard InChI is InChI=1S/C17H23N3O3/c1-5-12-14(20-8-6-7-11(4)15(20)18-12)16(21)19-13(17(22)23)9-10(2)3/h6-8,10,13H,5,9H2,1-4H3,(H,19,21)(H,22,23). The van der Waals surface area contributed by atoms with Crippen LogP contribution in [-0.2, 0) is 11.2 Å². The van der Waals surface area contributed by atoms with Gasteiger partial charge in [0.1, 0.15) is 17.4 Å². The third-order valence-electron chi connectivity index (χ3n) is 3.78. The first-order chi connectivity index (χ1) is 10.8. The number of amides is 1. The first-order valence-corrected chi connectivity index (χ1v) is 7.85. The van der Waals surface area contributed by atoms with E-state index in [1.807, 2.05) is 39.8 Å². The van der Waals surface area contributed by atoms with Crippen molar-refractivity contribution < 1.29 is 14.7 Å². The van der Waals surface area contributed by atoms with Crippen LogP contribution in [0.5, 0.6) is 0 Å². The number of carboxylic acids is 1. The monoisotopic (exact) mass is 317 g/mol. The minimum Gasteiger partial charge on any atom is -0.480 e. The largest absolute Gasteiger partial charge is 0.480 e. The number of carbonyl (C=O) groups is 2. The summed E-state index contributed by atoms with van der Waals surface area (Å²) in [6.45, 7) is 7.72. The number of rotatable bonds is 6. The van der Waals surface area contributed by atoms with Gasteiger partial charge in [-0.3, -0.25) is 9.20 Å². The SMILES string of the molecule is CCc1nc2c(C)cccn2c1C(=O)NC(CC(C)C)C(=O)O. The van der Waals surface area contributed by atoms with Crippen LogP contribution < -0.4 is 5.32 Å². The van der Waals surface area contributed by atoms with Crippen molar-refractivity contribution in [1.29, 1.82) is 0 Å². The van der Waals surface area contributed by atoms with Crippen LogP contribution in [0.3, 0.4) is 0 Å². The van der Waals surface area contributed by atoms with Gasteiger partial charge in [-0.05, 0) is 37.3 Å². The third kappa shape index (κ3) is 3.52. The van der Waals surface area contributed by atoms with E-state index in [-0.39, 0.29) is 5.92 Å². The average molecular weight is 317 g/mol. The molecule has 0 bridgehead atoms. The summed E-state index contributed by atoms with van der Waals surface area (Å²) in [5.74, 6) is -1.24. The molecule has 23 heavy (non-hydrogen) atoms. The zero-order valence-corrected chi connectivity index (χ0v) is 14.0. The van der Waals surface area contributed by atoms with E-state index in [4.69, 9.17) is 0 Å². The third-order valence-corrected chi connectivity index (χ3v) is 3.78. The van der Waals surface area contributed by atoms with Crippen molar-refractivity contribution in [2.75, 3.05) is 0 Å². The van der Waals surface area contributed by atoms with Gasteiger partial charge in [0.2, 0.25) is 0 Å². The molecule has 1 atom stereocenters. The first kappa shape index (κ1) is 17.0. The highest BCUT2D eigenvalue weighted by Gasteiger charge is 2.25. The zero-order valence-electron chi connectivity index (χ0n) is 14.0. The Morgan fingerprint density at radius 2 is 2.09 bits per heavy atom. The molecule has 2 heterocycles. The van der Waals surface area contributed by atoms with Crippen LogP contribution in [0.4, 0.5) is 0 Å². The maximum absolute atomic E-state index is 12.7. The zero-order chi connectivity index (χ0) is 17.1. The Morgan fingerprint density at radius 3 is 2.65 bits per heavy atom. The number of hydrogen-bond acceptors (Lipinski definition) is 3. The molecule has 124 valence electrons. The van der Waals surface area contributed by atoms with Crippen molar-refractivity contribution in [3.05, 3.63) is 35.3 Å². The van der Waals surface area contributed by atoms with E-state index >= 15 is 0 Å². The van der Waals surface area contributed by atoms with Gasteiger partial charge in [0.15, 0.2) is 0 Å². The normalized spacial score (nSPS) is 12.6. The Balaban J connectivity index is 2.40. The van der Waals surface area contributed by atoms with Gasteiger partial charge in [-0.25, -0.2) is 9.78 Å². The van der Waals surface area contributed by atoms with Gasteiger partial charge in [-0.15, -0.1) is 0 Å². The number of fused-ring (bicyclic) bond motifs is 1. The molecule has 2 N–H and O–H groups in total. The van der Waals surface area contributed by atoms with Gasteiger partial charge >= 0.3 is 5.97 Å². The Kier molecular flexibility index (Phi) is 5.03. The molecule has 1 unspecified atom stereocenters. The van der Waals surface area contributed by atoms with Gasteiger partial charge in [-0.2, -0.15) is 0 Å².